The molecule has 1 aromatic rings. The molecule has 2 saturated heterocycles. The van der Waals surface area contributed by atoms with Gasteiger partial charge in [-0.05, 0) is 32.8 Å². The average Bonchev–Trinajstić information content (AvgIpc) is 2.82. The van der Waals surface area contributed by atoms with Crippen LogP contribution >= 0.6 is 0 Å². The van der Waals surface area contributed by atoms with Gasteiger partial charge in [-0.25, -0.2) is 0 Å². The molecule has 110 valence electrons. The summed E-state index contributed by atoms with van der Waals surface area (Å²) in [5, 5.41) is 2.84. The number of benzene rings is 1. The number of para-hydroxylation sites is 1. The Hall–Kier alpha value is -1.72. The Bertz CT molecular complexity index is 672. The predicted octanol–water partition coefficient (Wildman–Crippen LogP) is 2.11. The van der Waals surface area contributed by atoms with Crippen LogP contribution in [0.3, 0.4) is 0 Å². The maximum absolute atomic E-state index is 12.8. The molecule has 1 amide bonds. The summed E-state index contributed by atoms with van der Waals surface area (Å²) in [5.74, 6) is -1.35. The molecule has 0 aromatic heterocycles. The summed E-state index contributed by atoms with van der Waals surface area (Å²) in [7, 11) is 0. The van der Waals surface area contributed by atoms with Gasteiger partial charge in [0, 0.05) is 17.7 Å². The van der Waals surface area contributed by atoms with Crippen molar-refractivity contribution in [2.75, 3.05) is 5.32 Å². The summed E-state index contributed by atoms with van der Waals surface area (Å²) in [4.78, 5) is 25.2. The number of ketones is 1. The van der Waals surface area contributed by atoms with Gasteiger partial charge in [-0.3, -0.25) is 9.59 Å². The number of nitrogens with one attached hydrogen (secondary N) is 1. The van der Waals surface area contributed by atoms with Gasteiger partial charge in [-0.15, -0.1) is 0 Å². The first-order valence-electron chi connectivity index (χ1n) is 7.26. The maximum atomic E-state index is 12.8. The largest absolute Gasteiger partial charge is 0.332 e. The third-order valence-corrected chi connectivity index (χ3v) is 4.93. The SMILES string of the molecule is CC(=O)[C@@]12CCC[C@@](C)(O1)O[C@]21C(=O)Nc2ccccc21. The summed E-state index contributed by atoms with van der Waals surface area (Å²) in [6, 6.07) is 7.36. The van der Waals surface area contributed by atoms with Gasteiger partial charge in [0.2, 0.25) is 5.60 Å². The molecule has 0 unspecified atom stereocenters. The smallest absolute Gasteiger partial charge is 0.265 e. The number of carbonyl (C=O) groups is 2. The molecule has 1 N–H and O–H groups in total. The lowest BCUT2D eigenvalue weighted by Crippen LogP contribution is -2.58. The number of anilines is 1. The maximum Gasteiger partial charge on any atom is 0.265 e. The molecule has 4 rings (SSSR count). The first-order valence-corrected chi connectivity index (χ1v) is 7.26. The second-order valence-corrected chi connectivity index (χ2v) is 6.26. The van der Waals surface area contributed by atoms with Crippen LogP contribution in [-0.4, -0.2) is 23.1 Å². The molecule has 0 aliphatic carbocycles. The monoisotopic (exact) mass is 287 g/mol. The zero-order chi connectivity index (χ0) is 14.9. The highest BCUT2D eigenvalue weighted by Crippen LogP contribution is 2.60. The number of ether oxygens (including phenoxy) is 2. The van der Waals surface area contributed by atoms with Crippen LogP contribution in [0.1, 0.15) is 38.7 Å². The summed E-state index contributed by atoms with van der Waals surface area (Å²) in [5.41, 5.74) is -1.18. The number of fused-ring (bicyclic) bond motifs is 5. The van der Waals surface area contributed by atoms with Crippen LogP contribution < -0.4 is 5.32 Å². The molecule has 0 saturated carbocycles. The van der Waals surface area contributed by atoms with Crippen molar-refractivity contribution >= 4 is 17.4 Å². The van der Waals surface area contributed by atoms with E-state index < -0.39 is 17.0 Å². The van der Waals surface area contributed by atoms with Gasteiger partial charge in [-0.1, -0.05) is 18.2 Å². The highest BCUT2D eigenvalue weighted by atomic mass is 16.8. The van der Waals surface area contributed by atoms with Crippen molar-refractivity contribution in [1.82, 2.24) is 0 Å². The molecule has 2 bridgehead atoms. The molecule has 1 aromatic carbocycles. The minimum Gasteiger partial charge on any atom is -0.332 e. The zero-order valence-electron chi connectivity index (χ0n) is 12.1. The lowest BCUT2D eigenvalue weighted by atomic mass is 9.73. The summed E-state index contributed by atoms with van der Waals surface area (Å²) in [6.07, 6.45) is 1.98. The Morgan fingerprint density at radius 1 is 1.24 bits per heavy atom. The molecule has 1 spiro atoms. The van der Waals surface area contributed by atoms with Crippen molar-refractivity contribution in [3.8, 4) is 0 Å². The minimum atomic E-state index is -1.36. The van der Waals surface area contributed by atoms with Crippen LogP contribution in [0.2, 0.25) is 0 Å². The first-order chi connectivity index (χ1) is 9.94. The molecular formula is C16H17NO4. The van der Waals surface area contributed by atoms with E-state index in [0.29, 0.717) is 24.1 Å². The first kappa shape index (κ1) is 13.0. The van der Waals surface area contributed by atoms with Crippen LogP contribution in [0, 0.1) is 0 Å². The fourth-order valence-electron chi connectivity index (χ4n) is 4.08. The van der Waals surface area contributed by atoms with E-state index in [-0.39, 0.29) is 11.7 Å². The van der Waals surface area contributed by atoms with Crippen molar-refractivity contribution in [2.45, 2.75) is 50.1 Å². The number of hydrogen-bond acceptors (Lipinski definition) is 4. The van der Waals surface area contributed by atoms with E-state index in [4.69, 9.17) is 9.47 Å². The highest BCUT2D eigenvalue weighted by Gasteiger charge is 2.75. The fraction of sp³-hybridized carbons (Fsp3) is 0.500. The van der Waals surface area contributed by atoms with Gasteiger partial charge in [0.25, 0.3) is 5.91 Å². The highest BCUT2D eigenvalue weighted by molar-refractivity contribution is 6.10. The Balaban J connectivity index is 2.02. The second-order valence-electron chi connectivity index (χ2n) is 6.26. The number of amides is 1. The Labute approximate surface area is 122 Å². The Morgan fingerprint density at radius 2 is 2.00 bits per heavy atom. The van der Waals surface area contributed by atoms with Gasteiger partial charge in [0.15, 0.2) is 17.2 Å². The lowest BCUT2D eigenvalue weighted by Gasteiger charge is -2.38. The van der Waals surface area contributed by atoms with E-state index in [0.717, 1.165) is 6.42 Å². The van der Waals surface area contributed by atoms with Crippen LogP contribution in [0.15, 0.2) is 24.3 Å². The molecule has 5 nitrogen and oxygen atoms in total. The second kappa shape index (κ2) is 3.72. The van der Waals surface area contributed by atoms with E-state index in [9.17, 15) is 9.59 Å². The van der Waals surface area contributed by atoms with Gasteiger partial charge in [0.05, 0.1) is 0 Å². The van der Waals surface area contributed by atoms with Crippen LogP contribution in [0.4, 0.5) is 5.69 Å². The summed E-state index contributed by atoms with van der Waals surface area (Å²) < 4.78 is 12.2. The normalized spacial score (nSPS) is 40.2. The van der Waals surface area contributed by atoms with Crippen molar-refractivity contribution < 1.29 is 19.1 Å². The third kappa shape index (κ3) is 1.33. The van der Waals surface area contributed by atoms with Crippen molar-refractivity contribution in [3.63, 3.8) is 0 Å². The molecule has 2 fully saturated rings. The van der Waals surface area contributed by atoms with Crippen LogP contribution in [-0.2, 0) is 24.7 Å². The van der Waals surface area contributed by atoms with Gasteiger partial charge >= 0.3 is 0 Å². The Morgan fingerprint density at radius 3 is 2.76 bits per heavy atom. The molecule has 5 heteroatoms. The van der Waals surface area contributed by atoms with Gasteiger partial charge in [0.1, 0.15) is 0 Å². The molecule has 3 atom stereocenters. The number of carbonyl (C=O) groups excluding carboxylic acids is 2. The summed E-state index contributed by atoms with van der Waals surface area (Å²) >= 11 is 0. The number of Topliss-reactive ketones (excluding diaryl/α,β-unsaturated/α-hetero) is 1. The average molecular weight is 287 g/mol. The van der Waals surface area contributed by atoms with Crippen molar-refractivity contribution in [1.29, 1.82) is 0 Å². The number of rotatable bonds is 1. The van der Waals surface area contributed by atoms with E-state index in [1.54, 1.807) is 0 Å². The quantitative estimate of drug-likeness (QED) is 0.859. The molecular weight excluding hydrogens is 270 g/mol. The van der Waals surface area contributed by atoms with Crippen molar-refractivity contribution in [3.05, 3.63) is 29.8 Å². The van der Waals surface area contributed by atoms with Crippen LogP contribution in [0.5, 0.6) is 0 Å². The molecule has 3 heterocycles. The molecule has 3 aliphatic heterocycles. The van der Waals surface area contributed by atoms with Gasteiger partial charge in [-0.2, -0.15) is 0 Å². The minimum absolute atomic E-state index is 0.155. The number of hydrogen-bond donors (Lipinski definition) is 1. The molecule has 0 radical (unpaired) electrons. The van der Waals surface area contributed by atoms with Crippen molar-refractivity contribution in [2.24, 2.45) is 0 Å². The lowest BCUT2D eigenvalue weighted by molar-refractivity contribution is -0.204. The molecule has 21 heavy (non-hydrogen) atoms. The van der Waals surface area contributed by atoms with Crippen LogP contribution in [0.25, 0.3) is 0 Å². The topological polar surface area (TPSA) is 64.6 Å². The standard InChI is InChI=1S/C16H17NO4/c1-10(18)15-9-5-8-14(2,20-15)21-16(15)11-6-3-4-7-12(11)17-13(16)19/h3-4,6-7H,5,8-9H2,1-2H3,(H,17,19)/t14-,15+,16+/m0/s1. The molecule has 3 aliphatic rings. The van der Waals surface area contributed by atoms with E-state index in [2.05, 4.69) is 5.32 Å². The summed E-state index contributed by atoms with van der Waals surface area (Å²) in [6.45, 7) is 3.29. The van der Waals surface area contributed by atoms with E-state index in [1.165, 1.54) is 6.92 Å². The van der Waals surface area contributed by atoms with E-state index >= 15 is 0 Å². The van der Waals surface area contributed by atoms with E-state index in [1.807, 2.05) is 31.2 Å². The Kier molecular flexibility index (Phi) is 2.30. The predicted molar refractivity (Wildman–Crippen MR) is 74.6 cm³/mol. The van der Waals surface area contributed by atoms with Gasteiger partial charge < -0.3 is 14.8 Å². The third-order valence-electron chi connectivity index (χ3n) is 4.93. The fourth-order valence-corrected chi connectivity index (χ4v) is 4.08. The zero-order valence-corrected chi connectivity index (χ0v) is 12.1.